The Hall–Kier alpha value is -1.41. The molecular weight excluding hydrogens is 282 g/mol. The van der Waals surface area contributed by atoms with E-state index in [1.807, 2.05) is 0 Å². The lowest BCUT2D eigenvalue weighted by atomic mass is 10.00. The Kier molecular flexibility index (Phi) is 4.14. The van der Waals surface area contributed by atoms with Crippen LogP contribution in [0.5, 0.6) is 0 Å². The van der Waals surface area contributed by atoms with Crippen molar-refractivity contribution in [2.75, 3.05) is 19.3 Å². The van der Waals surface area contributed by atoms with Crippen LogP contribution in [0.2, 0.25) is 0 Å². The molecule has 7 nitrogen and oxygen atoms in total. The van der Waals surface area contributed by atoms with Gasteiger partial charge in [-0.1, -0.05) is 0 Å². The van der Waals surface area contributed by atoms with Crippen LogP contribution < -0.4 is 0 Å². The second-order valence-corrected chi connectivity index (χ2v) is 7.27. The van der Waals surface area contributed by atoms with E-state index in [2.05, 4.69) is 5.10 Å². The number of aryl methyl sites for hydroxylation is 1. The molecule has 1 aliphatic rings. The molecule has 1 aromatic rings. The van der Waals surface area contributed by atoms with Crippen molar-refractivity contribution in [2.45, 2.75) is 26.3 Å². The Morgan fingerprint density at radius 2 is 2.25 bits per heavy atom. The number of rotatable bonds is 4. The summed E-state index contributed by atoms with van der Waals surface area (Å²) in [6.45, 7) is 3.23. The van der Waals surface area contributed by atoms with Crippen molar-refractivity contribution in [1.29, 1.82) is 0 Å². The molecule has 0 aromatic carbocycles. The SMILES string of the molecule is Cc1nn(CC2CCCN(S(C)(=O)=O)C2)cc1C(=O)O. The van der Waals surface area contributed by atoms with Gasteiger partial charge in [-0.3, -0.25) is 4.68 Å². The van der Waals surface area contributed by atoms with Gasteiger partial charge in [-0.15, -0.1) is 0 Å². The van der Waals surface area contributed by atoms with E-state index >= 15 is 0 Å². The van der Waals surface area contributed by atoms with Crippen LogP contribution in [-0.4, -0.2) is 52.9 Å². The molecular formula is C12H19N3O4S. The van der Waals surface area contributed by atoms with E-state index in [1.165, 1.54) is 16.8 Å². The van der Waals surface area contributed by atoms with Gasteiger partial charge < -0.3 is 5.11 Å². The molecule has 1 saturated heterocycles. The van der Waals surface area contributed by atoms with Crippen LogP contribution in [0.15, 0.2) is 6.20 Å². The fourth-order valence-electron chi connectivity index (χ4n) is 2.56. The Morgan fingerprint density at radius 3 is 2.80 bits per heavy atom. The summed E-state index contributed by atoms with van der Waals surface area (Å²) in [5.41, 5.74) is 0.675. The summed E-state index contributed by atoms with van der Waals surface area (Å²) in [6, 6.07) is 0. The Bertz CT molecular complexity index is 608. The quantitative estimate of drug-likeness (QED) is 0.877. The lowest BCUT2D eigenvalue weighted by Crippen LogP contribution is -2.40. The summed E-state index contributed by atoms with van der Waals surface area (Å²) in [7, 11) is -3.16. The van der Waals surface area contributed by atoms with Gasteiger partial charge in [0.2, 0.25) is 10.0 Å². The van der Waals surface area contributed by atoms with E-state index in [0.29, 0.717) is 25.3 Å². The molecule has 1 atom stereocenters. The second-order valence-electron chi connectivity index (χ2n) is 5.28. The second kappa shape index (κ2) is 5.53. The highest BCUT2D eigenvalue weighted by molar-refractivity contribution is 7.88. The summed E-state index contributed by atoms with van der Waals surface area (Å²) in [5.74, 6) is -0.824. The fraction of sp³-hybridized carbons (Fsp3) is 0.667. The van der Waals surface area contributed by atoms with Gasteiger partial charge >= 0.3 is 5.97 Å². The largest absolute Gasteiger partial charge is 0.478 e. The van der Waals surface area contributed by atoms with E-state index < -0.39 is 16.0 Å². The normalized spacial score (nSPS) is 21.0. The van der Waals surface area contributed by atoms with Gasteiger partial charge in [-0.2, -0.15) is 5.10 Å². The molecule has 1 aliphatic heterocycles. The lowest BCUT2D eigenvalue weighted by Gasteiger charge is -2.30. The summed E-state index contributed by atoms with van der Waals surface area (Å²) in [6.07, 6.45) is 4.48. The van der Waals surface area contributed by atoms with Crippen molar-refractivity contribution in [3.05, 3.63) is 17.5 Å². The smallest absolute Gasteiger partial charge is 0.339 e. The number of sulfonamides is 1. The molecule has 0 bridgehead atoms. The zero-order valence-electron chi connectivity index (χ0n) is 11.6. The third-order valence-electron chi connectivity index (χ3n) is 3.57. The number of carboxylic acid groups (broad SMARTS) is 1. The summed E-state index contributed by atoms with van der Waals surface area (Å²) >= 11 is 0. The standard InChI is InChI=1S/C12H19N3O4S/c1-9-11(12(16)17)8-14(13-9)6-10-4-3-5-15(7-10)20(2,18)19/h8,10H,3-7H2,1-2H3,(H,16,17). The summed E-state index contributed by atoms with van der Waals surface area (Å²) in [5, 5.41) is 13.2. The highest BCUT2D eigenvalue weighted by Gasteiger charge is 2.26. The molecule has 1 N–H and O–H groups in total. The van der Waals surface area contributed by atoms with Crippen molar-refractivity contribution < 1.29 is 18.3 Å². The van der Waals surface area contributed by atoms with Crippen molar-refractivity contribution in [1.82, 2.24) is 14.1 Å². The predicted molar refractivity (Wildman–Crippen MR) is 73.1 cm³/mol. The molecule has 1 unspecified atom stereocenters. The van der Waals surface area contributed by atoms with E-state index in [0.717, 1.165) is 12.8 Å². The van der Waals surface area contributed by atoms with Gasteiger partial charge in [0, 0.05) is 25.8 Å². The molecule has 8 heteroatoms. The number of carboxylic acids is 1. The van der Waals surface area contributed by atoms with Crippen LogP contribution in [0.3, 0.4) is 0 Å². The predicted octanol–water partition coefficient (Wildman–Crippen LogP) is 0.561. The van der Waals surface area contributed by atoms with E-state index in [1.54, 1.807) is 11.6 Å². The number of piperidine rings is 1. The molecule has 1 fully saturated rings. The van der Waals surface area contributed by atoms with Crippen LogP contribution in [0.1, 0.15) is 28.9 Å². The zero-order valence-corrected chi connectivity index (χ0v) is 12.4. The van der Waals surface area contributed by atoms with Gasteiger partial charge in [-0.25, -0.2) is 17.5 Å². The number of aromatic carboxylic acids is 1. The molecule has 1 aromatic heterocycles. The first kappa shape index (κ1) is 15.0. The van der Waals surface area contributed by atoms with Gasteiger partial charge in [0.1, 0.15) is 5.56 Å². The minimum atomic E-state index is -3.16. The zero-order chi connectivity index (χ0) is 14.9. The molecule has 2 rings (SSSR count). The summed E-state index contributed by atoms with van der Waals surface area (Å²) < 4.78 is 26.2. The number of hydrogen-bond acceptors (Lipinski definition) is 4. The van der Waals surface area contributed by atoms with Gasteiger partial charge in [0.15, 0.2) is 0 Å². The number of aromatic nitrogens is 2. The molecule has 112 valence electrons. The Labute approximate surface area is 118 Å². The van der Waals surface area contributed by atoms with Gasteiger partial charge in [0.25, 0.3) is 0 Å². The van der Waals surface area contributed by atoms with Crippen LogP contribution in [-0.2, 0) is 16.6 Å². The average Bonchev–Trinajstić information content (AvgIpc) is 2.69. The first-order valence-corrected chi connectivity index (χ1v) is 8.34. The van der Waals surface area contributed by atoms with Crippen molar-refractivity contribution in [3.63, 3.8) is 0 Å². The third-order valence-corrected chi connectivity index (χ3v) is 4.84. The average molecular weight is 301 g/mol. The molecule has 0 amide bonds. The highest BCUT2D eigenvalue weighted by Crippen LogP contribution is 2.20. The van der Waals surface area contributed by atoms with Gasteiger partial charge in [0.05, 0.1) is 11.9 Å². The maximum Gasteiger partial charge on any atom is 0.339 e. The first-order valence-electron chi connectivity index (χ1n) is 6.50. The lowest BCUT2D eigenvalue weighted by molar-refractivity contribution is 0.0696. The maximum atomic E-state index is 11.6. The van der Waals surface area contributed by atoms with Crippen LogP contribution >= 0.6 is 0 Å². The summed E-state index contributed by atoms with van der Waals surface area (Å²) in [4.78, 5) is 11.0. The highest BCUT2D eigenvalue weighted by atomic mass is 32.2. The van der Waals surface area contributed by atoms with Crippen molar-refractivity contribution in [2.24, 2.45) is 5.92 Å². The fourth-order valence-corrected chi connectivity index (χ4v) is 3.51. The number of carbonyl (C=O) groups is 1. The third kappa shape index (κ3) is 3.37. The van der Waals surface area contributed by atoms with Crippen LogP contribution in [0.25, 0.3) is 0 Å². The molecule has 0 saturated carbocycles. The Morgan fingerprint density at radius 1 is 1.55 bits per heavy atom. The van der Waals surface area contributed by atoms with Gasteiger partial charge in [-0.05, 0) is 25.7 Å². The topological polar surface area (TPSA) is 92.5 Å². The van der Waals surface area contributed by atoms with E-state index in [4.69, 9.17) is 5.11 Å². The maximum absolute atomic E-state index is 11.6. The van der Waals surface area contributed by atoms with Crippen molar-refractivity contribution in [3.8, 4) is 0 Å². The molecule has 0 radical (unpaired) electrons. The molecule has 2 heterocycles. The Balaban J connectivity index is 2.06. The first-order chi connectivity index (χ1) is 9.27. The number of nitrogens with zero attached hydrogens (tertiary/aromatic N) is 3. The monoisotopic (exact) mass is 301 g/mol. The number of hydrogen-bond donors (Lipinski definition) is 1. The minimum Gasteiger partial charge on any atom is -0.478 e. The van der Waals surface area contributed by atoms with Crippen LogP contribution in [0, 0.1) is 12.8 Å². The molecule has 20 heavy (non-hydrogen) atoms. The van der Waals surface area contributed by atoms with Crippen molar-refractivity contribution >= 4 is 16.0 Å². The molecule has 0 aliphatic carbocycles. The minimum absolute atomic E-state index is 0.166. The van der Waals surface area contributed by atoms with E-state index in [9.17, 15) is 13.2 Å². The molecule has 0 spiro atoms. The van der Waals surface area contributed by atoms with E-state index in [-0.39, 0.29) is 11.5 Å². The van der Waals surface area contributed by atoms with Crippen LogP contribution in [0.4, 0.5) is 0 Å².